The molecule has 21 heavy (non-hydrogen) atoms. The van der Waals surface area contributed by atoms with Crippen LogP contribution in [0.15, 0.2) is 24.3 Å². The standard InChI is InChI=1S/C13H19N3O4S/c1-3-21(19,20)15-8-7-14-13(18)11-5-4-6-12(9-11)16-10(2)17/h4-6,9,15H,3,7-8H2,1-2H3,(H,14,18)(H,16,17). The van der Waals surface area contributed by atoms with Gasteiger partial charge in [-0.25, -0.2) is 13.1 Å². The molecule has 0 unspecified atom stereocenters. The van der Waals surface area contributed by atoms with Crippen molar-refractivity contribution < 1.29 is 18.0 Å². The number of rotatable bonds is 7. The predicted octanol–water partition coefficient (Wildman–Crippen LogP) is 0.314. The third kappa shape index (κ3) is 6.37. The van der Waals surface area contributed by atoms with Gasteiger partial charge in [-0.3, -0.25) is 9.59 Å². The number of carbonyl (C=O) groups excluding carboxylic acids is 2. The van der Waals surface area contributed by atoms with Crippen LogP contribution >= 0.6 is 0 Å². The van der Waals surface area contributed by atoms with Gasteiger partial charge in [0.05, 0.1) is 5.75 Å². The monoisotopic (exact) mass is 313 g/mol. The van der Waals surface area contributed by atoms with Crippen molar-refractivity contribution in [1.82, 2.24) is 10.0 Å². The molecule has 0 saturated carbocycles. The minimum absolute atomic E-state index is 0.000290. The maximum atomic E-state index is 11.9. The molecule has 3 N–H and O–H groups in total. The second-order valence-corrected chi connectivity index (χ2v) is 6.41. The molecule has 0 heterocycles. The van der Waals surface area contributed by atoms with Gasteiger partial charge in [0.25, 0.3) is 5.91 Å². The Hall–Kier alpha value is -1.93. The van der Waals surface area contributed by atoms with Crippen LogP contribution in [0.3, 0.4) is 0 Å². The van der Waals surface area contributed by atoms with Crippen molar-refractivity contribution in [2.75, 3.05) is 24.2 Å². The summed E-state index contributed by atoms with van der Waals surface area (Å²) < 4.78 is 24.7. The zero-order valence-corrected chi connectivity index (χ0v) is 12.8. The number of carbonyl (C=O) groups is 2. The van der Waals surface area contributed by atoms with Crippen molar-refractivity contribution in [3.63, 3.8) is 0 Å². The van der Waals surface area contributed by atoms with Crippen LogP contribution in [0.5, 0.6) is 0 Å². The SMILES string of the molecule is CCS(=O)(=O)NCCNC(=O)c1cccc(NC(C)=O)c1. The Labute approximate surface area is 124 Å². The molecule has 116 valence electrons. The minimum atomic E-state index is -3.25. The molecule has 2 amide bonds. The number of benzene rings is 1. The van der Waals surface area contributed by atoms with Crippen molar-refractivity contribution in [3.8, 4) is 0 Å². The van der Waals surface area contributed by atoms with Crippen LogP contribution < -0.4 is 15.4 Å². The highest BCUT2D eigenvalue weighted by Gasteiger charge is 2.08. The summed E-state index contributed by atoms with van der Waals surface area (Å²) in [5, 5.41) is 5.18. The Morgan fingerprint density at radius 1 is 1.19 bits per heavy atom. The Balaban J connectivity index is 2.50. The molecule has 1 aromatic rings. The van der Waals surface area contributed by atoms with Gasteiger partial charge in [-0.2, -0.15) is 0 Å². The molecule has 0 atom stereocenters. The van der Waals surface area contributed by atoms with Gasteiger partial charge in [-0.1, -0.05) is 6.07 Å². The van der Waals surface area contributed by atoms with E-state index in [1.807, 2.05) is 0 Å². The molecule has 1 rings (SSSR count). The Kier molecular flexibility index (Phi) is 6.32. The molecule has 1 aromatic carbocycles. The summed E-state index contributed by atoms with van der Waals surface area (Å²) in [5.74, 6) is -0.556. The predicted molar refractivity (Wildman–Crippen MR) is 80.5 cm³/mol. The van der Waals surface area contributed by atoms with Gasteiger partial charge in [0.15, 0.2) is 0 Å². The largest absolute Gasteiger partial charge is 0.351 e. The number of hydrogen-bond donors (Lipinski definition) is 3. The maximum absolute atomic E-state index is 11.9. The van der Waals surface area contributed by atoms with E-state index in [1.54, 1.807) is 24.3 Å². The zero-order valence-electron chi connectivity index (χ0n) is 12.0. The molecule has 0 fully saturated rings. The van der Waals surface area contributed by atoms with Crippen molar-refractivity contribution in [3.05, 3.63) is 29.8 Å². The average Bonchev–Trinajstić information content (AvgIpc) is 2.43. The molecule has 0 aromatic heterocycles. The first-order valence-corrected chi connectivity index (χ1v) is 8.12. The zero-order chi connectivity index (χ0) is 15.9. The molecule has 0 aliphatic rings. The van der Waals surface area contributed by atoms with E-state index in [9.17, 15) is 18.0 Å². The van der Waals surface area contributed by atoms with Crippen LogP contribution in [0.2, 0.25) is 0 Å². The molecule has 0 aliphatic heterocycles. The van der Waals surface area contributed by atoms with Gasteiger partial charge in [0, 0.05) is 31.3 Å². The van der Waals surface area contributed by atoms with Crippen LogP contribution in [0.25, 0.3) is 0 Å². The number of nitrogens with one attached hydrogen (secondary N) is 3. The van der Waals surface area contributed by atoms with Gasteiger partial charge < -0.3 is 10.6 Å². The molecule has 8 heteroatoms. The molecule has 7 nitrogen and oxygen atoms in total. The quantitative estimate of drug-likeness (QED) is 0.630. The molecule has 0 spiro atoms. The van der Waals surface area contributed by atoms with E-state index >= 15 is 0 Å². The van der Waals surface area contributed by atoms with Crippen molar-refractivity contribution in [2.24, 2.45) is 0 Å². The number of sulfonamides is 1. The molecular weight excluding hydrogens is 294 g/mol. The van der Waals surface area contributed by atoms with Crippen LogP contribution in [0, 0.1) is 0 Å². The second-order valence-electron chi connectivity index (χ2n) is 4.32. The van der Waals surface area contributed by atoms with E-state index in [0.717, 1.165) is 0 Å². The summed E-state index contributed by atoms with van der Waals surface area (Å²) in [5.41, 5.74) is 0.918. The minimum Gasteiger partial charge on any atom is -0.351 e. The first-order chi connectivity index (χ1) is 9.84. The molecular formula is C13H19N3O4S. The molecule has 0 radical (unpaired) electrons. The lowest BCUT2D eigenvalue weighted by Gasteiger charge is -2.08. The first kappa shape index (κ1) is 17.1. The van der Waals surface area contributed by atoms with Crippen LogP contribution in [-0.2, 0) is 14.8 Å². The highest BCUT2D eigenvalue weighted by atomic mass is 32.2. The van der Waals surface area contributed by atoms with Crippen molar-refractivity contribution in [2.45, 2.75) is 13.8 Å². The average molecular weight is 313 g/mol. The maximum Gasteiger partial charge on any atom is 0.251 e. The molecule has 0 aliphatic carbocycles. The summed E-state index contributed by atoms with van der Waals surface area (Å²) in [6.45, 7) is 3.23. The summed E-state index contributed by atoms with van der Waals surface area (Å²) in [4.78, 5) is 22.8. The highest BCUT2D eigenvalue weighted by molar-refractivity contribution is 7.89. The van der Waals surface area contributed by atoms with Crippen LogP contribution in [0.4, 0.5) is 5.69 Å². The third-order valence-electron chi connectivity index (χ3n) is 2.56. The summed E-state index contributed by atoms with van der Waals surface area (Å²) in [6, 6.07) is 6.48. The Bertz CT molecular complexity index is 614. The van der Waals surface area contributed by atoms with Crippen LogP contribution in [0.1, 0.15) is 24.2 Å². The van der Waals surface area contributed by atoms with E-state index in [1.165, 1.54) is 13.8 Å². The van der Waals surface area contributed by atoms with Gasteiger partial charge in [0.1, 0.15) is 0 Å². The van der Waals surface area contributed by atoms with Gasteiger partial charge in [0.2, 0.25) is 15.9 Å². The number of amides is 2. The van der Waals surface area contributed by atoms with E-state index < -0.39 is 10.0 Å². The van der Waals surface area contributed by atoms with Crippen molar-refractivity contribution >= 4 is 27.5 Å². The van der Waals surface area contributed by atoms with E-state index in [2.05, 4.69) is 15.4 Å². The number of hydrogen-bond acceptors (Lipinski definition) is 4. The topological polar surface area (TPSA) is 104 Å². The van der Waals surface area contributed by atoms with E-state index in [4.69, 9.17) is 0 Å². The fraction of sp³-hybridized carbons (Fsp3) is 0.385. The molecule has 0 bridgehead atoms. The van der Waals surface area contributed by atoms with Crippen LogP contribution in [-0.4, -0.2) is 39.1 Å². The van der Waals surface area contributed by atoms with E-state index in [0.29, 0.717) is 11.3 Å². The normalized spacial score (nSPS) is 11.0. The van der Waals surface area contributed by atoms with Gasteiger partial charge in [-0.05, 0) is 25.1 Å². The number of anilines is 1. The van der Waals surface area contributed by atoms with Gasteiger partial charge >= 0.3 is 0 Å². The van der Waals surface area contributed by atoms with Crippen molar-refractivity contribution in [1.29, 1.82) is 0 Å². The summed E-state index contributed by atoms with van der Waals surface area (Å²) >= 11 is 0. The lowest BCUT2D eigenvalue weighted by Crippen LogP contribution is -2.35. The lowest BCUT2D eigenvalue weighted by molar-refractivity contribution is -0.114. The Morgan fingerprint density at radius 2 is 1.90 bits per heavy atom. The van der Waals surface area contributed by atoms with E-state index in [-0.39, 0.29) is 30.7 Å². The summed E-state index contributed by atoms with van der Waals surface area (Å²) in [7, 11) is -3.25. The fourth-order valence-electron chi connectivity index (χ4n) is 1.53. The first-order valence-electron chi connectivity index (χ1n) is 6.47. The molecule has 0 saturated heterocycles. The fourth-order valence-corrected chi connectivity index (χ4v) is 2.15. The smallest absolute Gasteiger partial charge is 0.251 e. The van der Waals surface area contributed by atoms with Gasteiger partial charge in [-0.15, -0.1) is 0 Å². The Morgan fingerprint density at radius 3 is 2.52 bits per heavy atom. The second kappa shape index (κ2) is 7.75. The lowest BCUT2D eigenvalue weighted by atomic mass is 10.2. The third-order valence-corrected chi connectivity index (χ3v) is 3.96. The highest BCUT2D eigenvalue weighted by Crippen LogP contribution is 2.10. The summed E-state index contributed by atoms with van der Waals surface area (Å²) in [6.07, 6.45) is 0.